The van der Waals surface area contributed by atoms with Crippen LogP contribution in [0.4, 0.5) is 0 Å². The molecule has 2 heteroatoms. The van der Waals surface area contributed by atoms with Gasteiger partial charge in [-0.25, -0.2) is 0 Å². The minimum absolute atomic E-state index is 0.000957. The van der Waals surface area contributed by atoms with Crippen LogP contribution in [-0.4, -0.2) is 17.5 Å². The first-order chi connectivity index (χ1) is 5.83. The van der Waals surface area contributed by atoms with E-state index in [0.717, 1.165) is 18.4 Å². The molecule has 1 nitrogen and oxygen atoms in total. The molecule has 13 heavy (non-hydrogen) atoms. The number of ether oxygens (including phenoxy) is 1. The summed E-state index contributed by atoms with van der Waals surface area (Å²) in [7, 11) is 0. The summed E-state index contributed by atoms with van der Waals surface area (Å²) in [4.78, 5) is 0. The van der Waals surface area contributed by atoms with Crippen molar-refractivity contribution < 1.29 is 4.74 Å². The minimum Gasteiger partial charge on any atom is -0.376 e. The van der Waals surface area contributed by atoms with Gasteiger partial charge in [-0.2, -0.15) is 0 Å². The maximum absolute atomic E-state index is 5.71. The zero-order valence-corrected chi connectivity index (χ0v) is 11.2. The van der Waals surface area contributed by atoms with Gasteiger partial charge >= 0.3 is 0 Å². The number of hydrogen-bond acceptors (Lipinski definition) is 1. The molecular weight excluding hydrogens is 228 g/mol. The van der Waals surface area contributed by atoms with Crippen molar-refractivity contribution >= 4 is 15.9 Å². The molecule has 0 fully saturated rings. The quantitative estimate of drug-likeness (QED) is 0.671. The summed E-state index contributed by atoms with van der Waals surface area (Å²) >= 11 is 3.56. The minimum atomic E-state index is 0.000957. The Morgan fingerprint density at radius 3 is 2.00 bits per heavy atom. The molecule has 0 radical (unpaired) electrons. The molecule has 0 saturated carbocycles. The molecule has 0 heterocycles. The molecule has 1 atom stereocenters. The average Bonchev–Trinajstić information content (AvgIpc) is 2.02. The molecule has 0 aromatic heterocycles. The fourth-order valence-corrected chi connectivity index (χ4v) is 1.62. The Morgan fingerprint density at radius 1 is 1.15 bits per heavy atom. The van der Waals surface area contributed by atoms with Crippen molar-refractivity contribution in [1.29, 1.82) is 0 Å². The largest absolute Gasteiger partial charge is 0.376 e. The van der Waals surface area contributed by atoms with Crippen LogP contribution in [0.15, 0.2) is 0 Å². The van der Waals surface area contributed by atoms with Crippen molar-refractivity contribution in [3.8, 4) is 0 Å². The predicted molar refractivity (Wildman–Crippen MR) is 62.5 cm³/mol. The molecule has 0 amide bonds. The Morgan fingerprint density at radius 2 is 1.69 bits per heavy atom. The van der Waals surface area contributed by atoms with Crippen LogP contribution in [0.5, 0.6) is 0 Å². The Balaban J connectivity index is 3.74. The van der Waals surface area contributed by atoms with Crippen LogP contribution in [0.3, 0.4) is 0 Å². The topological polar surface area (TPSA) is 9.23 Å². The van der Waals surface area contributed by atoms with Gasteiger partial charge in [0.15, 0.2) is 0 Å². The summed E-state index contributed by atoms with van der Waals surface area (Å²) < 4.78 is 5.71. The molecule has 80 valence electrons. The first-order valence-electron chi connectivity index (χ1n) is 5.03. The second-order valence-corrected chi connectivity index (χ2v) is 5.57. The molecule has 0 N–H and O–H groups in total. The van der Waals surface area contributed by atoms with E-state index in [9.17, 15) is 0 Å². The first-order valence-corrected chi connectivity index (χ1v) is 6.15. The molecule has 0 rings (SSSR count). The van der Waals surface area contributed by atoms with E-state index in [4.69, 9.17) is 4.74 Å². The second-order valence-electron chi connectivity index (χ2n) is 5.01. The van der Waals surface area contributed by atoms with E-state index in [1.54, 1.807) is 0 Å². The van der Waals surface area contributed by atoms with E-state index in [1.165, 1.54) is 6.42 Å². The molecule has 0 aromatic rings. The van der Waals surface area contributed by atoms with E-state index < -0.39 is 0 Å². The summed E-state index contributed by atoms with van der Waals surface area (Å²) in [6, 6.07) is 0. The molecule has 0 aliphatic carbocycles. The SMILES string of the molecule is CCC(C)(CBr)CCOC(C)(C)C. The van der Waals surface area contributed by atoms with Gasteiger partial charge in [-0.1, -0.05) is 29.8 Å². The highest BCUT2D eigenvalue weighted by atomic mass is 79.9. The summed E-state index contributed by atoms with van der Waals surface area (Å²) in [5.41, 5.74) is 0.395. The summed E-state index contributed by atoms with van der Waals surface area (Å²) in [6.45, 7) is 11.7. The predicted octanol–water partition coefficient (Wildman–Crippen LogP) is 4.00. The van der Waals surface area contributed by atoms with Gasteiger partial charge in [0.25, 0.3) is 0 Å². The van der Waals surface area contributed by atoms with Gasteiger partial charge < -0.3 is 4.74 Å². The van der Waals surface area contributed by atoms with Crippen molar-refractivity contribution in [3.05, 3.63) is 0 Å². The lowest BCUT2D eigenvalue weighted by Crippen LogP contribution is -2.25. The van der Waals surface area contributed by atoms with Crippen molar-refractivity contribution in [2.75, 3.05) is 11.9 Å². The zero-order chi connectivity index (χ0) is 10.5. The van der Waals surface area contributed by atoms with E-state index in [0.29, 0.717) is 5.41 Å². The third-order valence-corrected chi connectivity index (χ3v) is 3.77. The number of rotatable bonds is 5. The van der Waals surface area contributed by atoms with Crippen LogP contribution in [0.2, 0.25) is 0 Å². The molecular formula is C11H23BrO. The molecule has 0 saturated heterocycles. The molecule has 0 bridgehead atoms. The second kappa shape index (κ2) is 5.35. The highest BCUT2D eigenvalue weighted by Crippen LogP contribution is 2.28. The molecule has 0 aliphatic rings. The lowest BCUT2D eigenvalue weighted by molar-refractivity contribution is -0.0152. The molecule has 0 aromatic carbocycles. The van der Waals surface area contributed by atoms with Crippen molar-refractivity contribution in [1.82, 2.24) is 0 Å². The highest BCUT2D eigenvalue weighted by molar-refractivity contribution is 9.09. The summed E-state index contributed by atoms with van der Waals surface area (Å²) in [5, 5.41) is 1.06. The Labute approximate surface area is 91.4 Å². The fraction of sp³-hybridized carbons (Fsp3) is 1.00. The van der Waals surface area contributed by atoms with Gasteiger partial charge in [-0.05, 0) is 39.0 Å². The average molecular weight is 251 g/mol. The van der Waals surface area contributed by atoms with Crippen molar-refractivity contribution in [2.24, 2.45) is 5.41 Å². The van der Waals surface area contributed by atoms with Gasteiger partial charge in [-0.15, -0.1) is 0 Å². The van der Waals surface area contributed by atoms with E-state index in [2.05, 4.69) is 50.5 Å². The summed E-state index contributed by atoms with van der Waals surface area (Å²) in [5.74, 6) is 0. The van der Waals surface area contributed by atoms with Gasteiger partial charge in [0, 0.05) is 11.9 Å². The lowest BCUT2D eigenvalue weighted by atomic mass is 9.87. The zero-order valence-electron chi connectivity index (χ0n) is 9.61. The van der Waals surface area contributed by atoms with Gasteiger partial charge in [-0.3, -0.25) is 0 Å². The molecule has 0 spiro atoms. The molecule has 1 unspecified atom stereocenters. The maximum atomic E-state index is 5.71. The van der Waals surface area contributed by atoms with E-state index in [-0.39, 0.29) is 5.60 Å². The van der Waals surface area contributed by atoms with Crippen LogP contribution >= 0.6 is 15.9 Å². The van der Waals surface area contributed by atoms with E-state index >= 15 is 0 Å². The van der Waals surface area contributed by atoms with Gasteiger partial charge in [0.1, 0.15) is 0 Å². The van der Waals surface area contributed by atoms with E-state index in [1.807, 2.05) is 0 Å². The van der Waals surface area contributed by atoms with Crippen LogP contribution < -0.4 is 0 Å². The number of hydrogen-bond donors (Lipinski definition) is 0. The molecule has 0 aliphatic heterocycles. The Kier molecular flexibility index (Phi) is 5.53. The van der Waals surface area contributed by atoms with Gasteiger partial charge in [0.05, 0.1) is 5.60 Å². The smallest absolute Gasteiger partial charge is 0.0598 e. The normalized spacial score (nSPS) is 17.1. The number of alkyl halides is 1. The first kappa shape index (κ1) is 13.4. The highest BCUT2D eigenvalue weighted by Gasteiger charge is 2.21. The maximum Gasteiger partial charge on any atom is 0.0598 e. The lowest BCUT2D eigenvalue weighted by Gasteiger charge is -2.28. The van der Waals surface area contributed by atoms with Crippen LogP contribution in [0.25, 0.3) is 0 Å². The van der Waals surface area contributed by atoms with Crippen LogP contribution in [0, 0.1) is 5.41 Å². The van der Waals surface area contributed by atoms with Gasteiger partial charge in [0.2, 0.25) is 0 Å². The number of halogens is 1. The fourth-order valence-electron chi connectivity index (χ4n) is 0.942. The van der Waals surface area contributed by atoms with Crippen molar-refractivity contribution in [3.63, 3.8) is 0 Å². The standard InChI is InChI=1S/C11H23BrO/c1-6-11(5,9-12)7-8-13-10(2,3)4/h6-9H2,1-5H3. The Hall–Kier alpha value is 0.440. The third kappa shape index (κ3) is 6.50. The summed E-state index contributed by atoms with van der Waals surface area (Å²) in [6.07, 6.45) is 2.33. The third-order valence-electron chi connectivity index (χ3n) is 2.42. The monoisotopic (exact) mass is 250 g/mol. The van der Waals surface area contributed by atoms with Crippen LogP contribution in [0.1, 0.15) is 47.5 Å². The van der Waals surface area contributed by atoms with Crippen molar-refractivity contribution in [2.45, 2.75) is 53.1 Å². The Bertz CT molecular complexity index is 134. The van der Waals surface area contributed by atoms with Crippen LogP contribution in [-0.2, 0) is 4.74 Å².